The molecule has 3 heterocycles. The second-order valence-corrected chi connectivity index (χ2v) is 3.57. The van der Waals surface area contributed by atoms with E-state index in [0.29, 0.717) is 0 Å². The molecule has 1 N–H and O–H groups in total. The molecule has 0 aromatic carbocycles. The largest absolute Gasteiger partial charge is 0.325 e. The highest BCUT2D eigenvalue weighted by Gasteiger charge is 2.02. The zero-order valence-corrected chi connectivity index (χ0v) is 8.83. The van der Waals surface area contributed by atoms with E-state index in [9.17, 15) is 0 Å². The molecule has 0 atom stereocenters. The van der Waals surface area contributed by atoms with Crippen LogP contribution in [-0.2, 0) is 7.05 Å². The number of imidazole rings is 1. The van der Waals surface area contributed by atoms with Gasteiger partial charge >= 0.3 is 0 Å². The molecule has 3 aromatic rings. The monoisotopic (exact) mass is 213 g/mol. The summed E-state index contributed by atoms with van der Waals surface area (Å²) < 4.78 is 3.74. The molecule has 0 unspecified atom stereocenters. The van der Waals surface area contributed by atoms with Crippen LogP contribution >= 0.6 is 0 Å². The number of nitrogens with zero attached hydrogens (tertiary/aromatic N) is 4. The third-order valence-corrected chi connectivity index (χ3v) is 2.40. The van der Waals surface area contributed by atoms with Gasteiger partial charge in [-0.3, -0.25) is 9.08 Å². The molecule has 0 radical (unpaired) electrons. The van der Waals surface area contributed by atoms with Crippen LogP contribution in [0.25, 0.3) is 5.65 Å². The third-order valence-electron chi connectivity index (χ3n) is 2.40. The van der Waals surface area contributed by atoms with Crippen molar-refractivity contribution in [2.45, 2.75) is 0 Å². The number of anilines is 2. The standard InChI is InChI=1S/C11H11N5/c1-15-7-5-9(14-15)13-11-4-2-3-10-12-6-8-16(10)11/h2-8H,1H3,(H,13,14). The molecular formula is C11H11N5. The predicted octanol–water partition coefficient (Wildman–Crippen LogP) is 1.81. The lowest BCUT2D eigenvalue weighted by molar-refractivity contribution is 0.771. The number of aryl methyl sites for hydroxylation is 1. The van der Waals surface area contributed by atoms with Gasteiger partial charge < -0.3 is 5.32 Å². The van der Waals surface area contributed by atoms with E-state index in [1.54, 1.807) is 10.9 Å². The van der Waals surface area contributed by atoms with Crippen molar-refractivity contribution in [3.63, 3.8) is 0 Å². The number of pyridine rings is 1. The highest BCUT2D eigenvalue weighted by atomic mass is 15.3. The van der Waals surface area contributed by atoms with Crippen LogP contribution in [0, 0.1) is 0 Å². The number of hydrogen-bond donors (Lipinski definition) is 1. The first-order valence-corrected chi connectivity index (χ1v) is 5.02. The summed E-state index contributed by atoms with van der Waals surface area (Å²) in [6, 6.07) is 7.84. The van der Waals surface area contributed by atoms with Gasteiger partial charge in [-0.2, -0.15) is 5.10 Å². The maximum absolute atomic E-state index is 4.27. The van der Waals surface area contributed by atoms with E-state index in [2.05, 4.69) is 15.4 Å². The Morgan fingerprint density at radius 1 is 1.19 bits per heavy atom. The van der Waals surface area contributed by atoms with Crippen LogP contribution in [0.15, 0.2) is 42.9 Å². The first-order valence-electron chi connectivity index (χ1n) is 5.02. The van der Waals surface area contributed by atoms with Crippen molar-refractivity contribution in [2.75, 3.05) is 5.32 Å². The third kappa shape index (κ3) is 1.42. The number of nitrogens with one attached hydrogen (secondary N) is 1. The van der Waals surface area contributed by atoms with Crippen molar-refractivity contribution in [1.82, 2.24) is 19.2 Å². The zero-order chi connectivity index (χ0) is 11.0. The van der Waals surface area contributed by atoms with Gasteiger partial charge in [0.05, 0.1) is 0 Å². The van der Waals surface area contributed by atoms with Crippen molar-refractivity contribution in [2.24, 2.45) is 7.05 Å². The van der Waals surface area contributed by atoms with Gasteiger partial charge in [0.15, 0.2) is 5.82 Å². The molecule has 0 aliphatic carbocycles. The minimum Gasteiger partial charge on any atom is -0.325 e. The molecule has 0 amide bonds. The highest BCUT2D eigenvalue weighted by Crippen LogP contribution is 2.15. The van der Waals surface area contributed by atoms with Crippen LogP contribution in [0.2, 0.25) is 0 Å². The average Bonchev–Trinajstić information content (AvgIpc) is 2.87. The molecule has 0 saturated carbocycles. The molecule has 5 nitrogen and oxygen atoms in total. The van der Waals surface area contributed by atoms with Crippen LogP contribution in [0.5, 0.6) is 0 Å². The van der Waals surface area contributed by atoms with Crippen molar-refractivity contribution >= 4 is 17.3 Å². The van der Waals surface area contributed by atoms with Gasteiger partial charge in [-0.1, -0.05) is 6.07 Å². The van der Waals surface area contributed by atoms with E-state index < -0.39 is 0 Å². The molecule has 0 fully saturated rings. The summed E-state index contributed by atoms with van der Waals surface area (Å²) in [6.45, 7) is 0. The quantitative estimate of drug-likeness (QED) is 0.706. The van der Waals surface area contributed by atoms with Crippen molar-refractivity contribution in [1.29, 1.82) is 0 Å². The first kappa shape index (κ1) is 8.96. The first-order chi connectivity index (χ1) is 7.83. The van der Waals surface area contributed by atoms with Gasteiger partial charge in [-0.25, -0.2) is 4.98 Å². The molecule has 3 rings (SSSR count). The van der Waals surface area contributed by atoms with E-state index >= 15 is 0 Å². The molecule has 0 aliphatic heterocycles. The summed E-state index contributed by atoms with van der Waals surface area (Å²) >= 11 is 0. The van der Waals surface area contributed by atoms with Gasteiger partial charge in [0, 0.05) is 31.7 Å². The van der Waals surface area contributed by atoms with Crippen LogP contribution in [0.3, 0.4) is 0 Å². The van der Waals surface area contributed by atoms with E-state index in [1.807, 2.05) is 48.1 Å². The molecule has 16 heavy (non-hydrogen) atoms. The van der Waals surface area contributed by atoms with E-state index in [0.717, 1.165) is 17.3 Å². The smallest absolute Gasteiger partial charge is 0.153 e. The summed E-state index contributed by atoms with van der Waals surface area (Å²) in [6.07, 6.45) is 5.59. The lowest BCUT2D eigenvalue weighted by atomic mass is 10.4. The van der Waals surface area contributed by atoms with Crippen molar-refractivity contribution in [3.8, 4) is 0 Å². The molecule has 0 saturated heterocycles. The molecule has 80 valence electrons. The van der Waals surface area contributed by atoms with Crippen molar-refractivity contribution in [3.05, 3.63) is 42.9 Å². The van der Waals surface area contributed by atoms with E-state index in [-0.39, 0.29) is 0 Å². The fourth-order valence-corrected chi connectivity index (χ4v) is 1.66. The van der Waals surface area contributed by atoms with Gasteiger partial charge in [0.2, 0.25) is 0 Å². The average molecular weight is 213 g/mol. The Balaban J connectivity index is 2.03. The normalized spacial score (nSPS) is 10.8. The fraction of sp³-hybridized carbons (Fsp3) is 0.0909. The lowest BCUT2D eigenvalue weighted by Gasteiger charge is -2.05. The SMILES string of the molecule is Cn1ccc(Nc2cccc3nccn23)n1. The molecular weight excluding hydrogens is 202 g/mol. The molecule has 0 aliphatic rings. The number of aromatic nitrogens is 4. The predicted molar refractivity (Wildman–Crippen MR) is 61.7 cm³/mol. The number of hydrogen-bond acceptors (Lipinski definition) is 3. The topological polar surface area (TPSA) is 47.2 Å². The van der Waals surface area contributed by atoms with E-state index in [4.69, 9.17) is 0 Å². The van der Waals surface area contributed by atoms with Crippen molar-refractivity contribution < 1.29 is 0 Å². The summed E-state index contributed by atoms with van der Waals surface area (Å²) in [5.41, 5.74) is 0.918. The van der Waals surface area contributed by atoms with Crippen LogP contribution < -0.4 is 5.32 Å². The van der Waals surface area contributed by atoms with Crippen LogP contribution in [-0.4, -0.2) is 19.2 Å². The molecule has 3 aromatic heterocycles. The van der Waals surface area contributed by atoms with Crippen LogP contribution in [0.4, 0.5) is 11.6 Å². The molecule has 0 spiro atoms. The minimum absolute atomic E-state index is 0.823. The summed E-state index contributed by atoms with van der Waals surface area (Å²) in [5.74, 6) is 1.78. The van der Waals surface area contributed by atoms with Crippen LogP contribution in [0.1, 0.15) is 0 Å². The van der Waals surface area contributed by atoms with Gasteiger partial charge in [0.25, 0.3) is 0 Å². The second kappa shape index (κ2) is 3.37. The molecule has 5 heteroatoms. The zero-order valence-electron chi connectivity index (χ0n) is 8.83. The molecule has 0 bridgehead atoms. The Hall–Kier alpha value is -2.30. The summed E-state index contributed by atoms with van der Waals surface area (Å²) in [5, 5.41) is 7.51. The maximum atomic E-state index is 4.27. The summed E-state index contributed by atoms with van der Waals surface area (Å²) in [4.78, 5) is 4.22. The highest BCUT2D eigenvalue weighted by molar-refractivity contribution is 5.56. The number of fused-ring (bicyclic) bond motifs is 1. The Kier molecular flexibility index (Phi) is 1.89. The summed E-state index contributed by atoms with van der Waals surface area (Å²) in [7, 11) is 1.89. The maximum Gasteiger partial charge on any atom is 0.153 e. The van der Waals surface area contributed by atoms with Gasteiger partial charge in [0.1, 0.15) is 11.5 Å². The Bertz CT molecular complexity index is 622. The van der Waals surface area contributed by atoms with Gasteiger partial charge in [-0.05, 0) is 12.1 Å². The van der Waals surface area contributed by atoms with Gasteiger partial charge in [-0.15, -0.1) is 0 Å². The Morgan fingerprint density at radius 3 is 2.94 bits per heavy atom. The lowest BCUT2D eigenvalue weighted by Crippen LogP contribution is -1.98. The minimum atomic E-state index is 0.823. The fourth-order valence-electron chi connectivity index (χ4n) is 1.66. The Labute approximate surface area is 92.3 Å². The second-order valence-electron chi connectivity index (χ2n) is 3.57. The van der Waals surface area contributed by atoms with E-state index in [1.165, 1.54) is 0 Å². The number of rotatable bonds is 2. The Morgan fingerprint density at radius 2 is 2.12 bits per heavy atom.